The molecule has 2 N–H and O–H groups in total. The van der Waals surface area contributed by atoms with Crippen LogP contribution in [0.1, 0.15) is 52.0 Å². The number of ether oxygens (including phenoxy) is 1. The molecule has 6 heteroatoms. The molecule has 0 radical (unpaired) electrons. The van der Waals surface area contributed by atoms with Crippen LogP contribution in [0.5, 0.6) is 5.75 Å². The molecule has 0 spiro atoms. The first-order chi connectivity index (χ1) is 16.3. The summed E-state index contributed by atoms with van der Waals surface area (Å²) < 4.78 is 5.94. The van der Waals surface area contributed by atoms with E-state index in [2.05, 4.69) is 72.7 Å². The van der Waals surface area contributed by atoms with Crippen LogP contribution in [0.15, 0.2) is 48.5 Å². The fourth-order valence-corrected chi connectivity index (χ4v) is 4.57. The van der Waals surface area contributed by atoms with Gasteiger partial charge in [0.1, 0.15) is 18.2 Å². The Bertz CT molecular complexity index is 1070. The fraction of sp³-hybridized carbons (Fsp3) is 0.500. The van der Waals surface area contributed by atoms with Gasteiger partial charge in [-0.2, -0.15) is 4.98 Å². The van der Waals surface area contributed by atoms with Gasteiger partial charge in [0.25, 0.3) is 0 Å². The van der Waals surface area contributed by atoms with Gasteiger partial charge in [0.2, 0.25) is 5.95 Å². The Balaban J connectivity index is 1.21. The van der Waals surface area contributed by atoms with Gasteiger partial charge < -0.3 is 20.3 Å². The zero-order valence-corrected chi connectivity index (χ0v) is 21.3. The molecule has 6 nitrogen and oxygen atoms in total. The lowest BCUT2D eigenvalue weighted by Gasteiger charge is -2.30. The summed E-state index contributed by atoms with van der Waals surface area (Å²) in [5, 5.41) is 8.34. The summed E-state index contributed by atoms with van der Waals surface area (Å²) in [7, 11) is 4.06. The lowest BCUT2D eigenvalue weighted by Crippen LogP contribution is -2.38. The van der Waals surface area contributed by atoms with Crippen molar-refractivity contribution in [1.82, 2.24) is 15.3 Å². The van der Waals surface area contributed by atoms with Crippen LogP contribution in [-0.4, -0.2) is 49.3 Å². The van der Waals surface area contributed by atoms with Crippen LogP contribution in [0, 0.1) is 0 Å². The zero-order chi connectivity index (χ0) is 24.1. The highest BCUT2D eigenvalue weighted by Gasteiger charge is 2.22. The molecule has 0 amide bonds. The quantitative estimate of drug-likeness (QED) is 0.439. The van der Waals surface area contributed by atoms with Crippen molar-refractivity contribution in [1.29, 1.82) is 0 Å². The molecular formula is C28H39N5O. The van der Waals surface area contributed by atoms with Crippen molar-refractivity contribution < 1.29 is 4.74 Å². The lowest BCUT2D eigenvalue weighted by atomic mass is 9.87. The van der Waals surface area contributed by atoms with Crippen molar-refractivity contribution in [3.05, 3.63) is 54.1 Å². The maximum atomic E-state index is 5.94. The second-order valence-electron chi connectivity index (χ2n) is 10.6. The molecule has 4 rings (SSSR count). The van der Waals surface area contributed by atoms with Gasteiger partial charge in [-0.25, -0.2) is 4.98 Å². The Morgan fingerprint density at radius 3 is 2.26 bits per heavy atom. The number of rotatable bonds is 8. The molecule has 1 fully saturated rings. The Hall–Kier alpha value is -2.86. The molecule has 1 saturated carbocycles. The highest BCUT2D eigenvalue weighted by molar-refractivity contribution is 5.90. The zero-order valence-electron chi connectivity index (χ0n) is 21.3. The molecule has 0 bridgehead atoms. The van der Waals surface area contributed by atoms with Crippen LogP contribution in [0.4, 0.5) is 11.8 Å². The first-order valence-corrected chi connectivity index (χ1v) is 12.5. The third-order valence-corrected chi connectivity index (χ3v) is 6.59. The number of benzene rings is 2. The average molecular weight is 462 g/mol. The van der Waals surface area contributed by atoms with E-state index in [1.807, 2.05) is 26.2 Å². The van der Waals surface area contributed by atoms with E-state index in [4.69, 9.17) is 14.7 Å². The predicted molar refractivity (Wildman–Crippen MR) is 142 cm³/mol. The van der Waals surface area contributed by atoms with E-state index in [1.165, 1.54) is 5.56 Å². The van der Waals surface area contributed by atoms with E-state index < -0.39 is 0 Å². The highest BCUT2D eigenvalue weighted by atomic mass is 16.5. The normalized spacial score (nSPS) is 18.6. The van der Waals surface area contributed by atoms with Crippen molar-refractivity contribution in [2.45, 2.75) is 64.0 Å². The SMILES string of the molecule is CN(C)c1nc(NC2CCC(NCCOc3ccc(C(C)(C)C)cc3)CC2)nc2ccccc12. The van der Waals surface area contributed by atoms with Crippen LogP contribution in [0.3, 0.4) is 0 Å². The van der Waals surface area contributed by atoms with Crippen molar-refractivity contribution in [2.75, 3.05) is 37.5 Å². The van der Waals surface area contributed by atoms with Gasteiger partial charge in [0, 0.05) is 38.1 Å². The van der Waals surface area contributed by atoms with Gasteiger partial charge in [-0.05, 0) is 60.9 Å². The van der Waals surface area contributed by atoms with Gasteiger partial charge in [-0.1, -0.05) is 45.0 Å². The minimum atomic E-state index is 0.169. The van der Waals surface area contributed by atoms with Gasteiger partial charge in [0.15, 0.2) is 0 Å². The fourth-order valence-electron chi connectivity index (χ4n) is 4.57. The van der Waals surface area contributed by atoms with Gasteiger partial charge in [-0.3, -0.25) is 0 Å². The second-order valence-corrected chi connectivity index (χ2v) is 10.6. The summed E-state index contributed by atoms with van der Waals surface area (Å²) in [5.41, 5.74) is 2.48. The van der Waals surface area contributed by atoms with Crippen molar-refractivity contribution in [3.8, 4) is 5.75 Å². The number of nitrogens with zero attached hydrogens (tertiary/aromatic N) is 3. The first-order valence-electron chi connectivity index (χ1n) is 12.5. The summed E-state index contributed by atoms with van der Waals surface area (Å²) >= 11 is 0. The number of fused-ring (bicyclic) bond motifs is 1. The average Bonchev–Trinajstić information content (AvgIpc) is 2.82. The van der Waals surface area contributed by atoms with E-state index in [0.29, 0.717) is 18.7 Å². The van der Waals surface area contributed by atoms with Gasteiger partial charge >= 0.3 is 0 Å². The molecule has 0 unspecified atom stereocenters. The van der Waals surface area contributed by atoms with Crippen molar-refractivity contribution in [2.24, 2.45) is 0 Å². The highest BCUT2D eigenvalue weighted by Crippen LogP contribution is 2.27. The summed E-state index contributed by atoms with van der Waals surface area (Å²) in [6.45, 7) is 8.24. The molecule has 2 aromatic carbocycles. The number of aromatic nitrogens is 2. The third kappa shape index (κ3) is 6.17. The van der Waals surface area contributed by atoms with Crippen LogP contribution in [0.2, 0.25) is 0 Å². The number of hydrogen-bond donors (Lipinski definition) is 2. The molecule has 1 aliphatic rings. The number of anilines is 2. The van der Waals surface area contributed by atoms with Crippen LogP contribution < -0.4 is 20.3 Å². The molecule has 1 aliphatic carbocycles. The second kappa shape index (κ2) is 10.6. The number of nitrogens with one attached hydrogen (secondary N) is 2. The molecule has 182 valence electrons. The third-order valence-electron chi connectivity index (χ3n) is 6.59. The predicted octanol–water partition coefficient (Wildman–Crippen LogP) is 5.39. The summed E-state index contributed by atoms with van der Waals surface area (Å²) in [4.78, 5) is 11.6. The maximum absolute atomic E-state index is 5.94. The van der Waals surface area contributed by atoms with Crippen molar-refractivity contribution in [3.63, 3.8) is 0 Å². The number of hydrogen-bond acceptors (Lipinski definition) is 6. The minimum Gasteiger partial charge on any atom is -0.492 e. The molecule has 34 heavy (non-hydrogen) atoms. The molecule has 3 aromatic rings. The van der Waals surface area contributed by atoms with Crippen molar-refractivity contribution >= 4 is 22.7 Å². The molecule has 0 atom stereocenters. The largest absolute Gasteiger partial charge is 0.492 e. The Kier molecular flexibility index (Phi) is 7.57. The first kappa shape index (κ1) is 24.3. The molecule has 0 aliphatic heterocycles. The molecule has 0 saturated heterocycles. The Morgan fingerprint density at radius 1 is 0.912 bits per heavy atom. The van der Waals surface area contributed by atoms with Gasteiger partial charge in [0.05, 0.1) is 5.52 Å². The summed E-state index contributed by atoms with van der Waals surface area (Å²) in [6.07, 6.45) is 4.51. The number of para-hydroxylation sites is 1. The van der Waals surface area contributed by atoms with E-state index in [-0.39, 0.29) is 5.41 Å². The molecular weight excluding hydrogens is 422 g/mol. The maximum Gasteiger partial charge on any atom is 0.225 e. The Morgan fingerprint density at radius 2 is 1.59 bits per heavy atom. The van der Waals surface area contributed by atoms with E-state index in [1.54, 1.807) is 0 Å². The van der Waals surface area contributed by atoms with Crippen LogP contribution >= 0.6 is 0 Å². The summed E-state index contributed by atoms with van der Waals surface area (Å²) in [6, 6.07) is 17.6. The van der Waals surface area contributed by atoms with E-state index >= 15 is 0 Å². The summed E-state index contributed by atoms with van der Waals surface area (Å²) in [5.74, 6) is 2.62. The lowest BCUT2D eigenvalue weighted by molar-refractivity contribution is 0.285. The minimum absolute atomic E-state index is 0.169. The molecule has 1 heterocycles. The standard InChI is InChI=1S/C28H39N5O/c1-28(2,3)20-10-16-23(17-11-20)34-19-18-29-21-12-14-22(15-13-21)30-27-31-25-9-7-6-8-24(25)26(32-27)33(4)5/h6-11,16-17,21-22,29H,12-15,18-19H2,1-5H3,(H,30,31,32). The smallest absolute Gasteiger partial charge is 0.225 e. The van der Waals surface area contributed by atoms with E-state index in [0.717, 1.165) is 60.6 Å². The van der Waals surface area contributed by atoms with Crippen LogP contribution in [0.25, 0.3) is 10.9 Å². The monoisotopic (exact) mass is 461 g/mol. The Labute approximate surface area is 204 Å². The van der Waals surface area contributed by atoms with Crippen LogP contribution in [-0.2, 0) is 5.41 Å². The molecule has 1 aromatic heterocycles. The van der Waals surface area contributed by atoms with Gasteiger partial charge in [-0.15, -0.1) is 0 Å². The van der Waals surface area contributed by atoms with E-state index in [9.17, 15) is 0 Å². The topological polar surface area (TPSA) is 62.3 Å².